The van der Waals surface area contributed by atoms with E-state index in [-0.39, 0.29) is 6.03 Å². The largest absolute Gasteiger partial charge is 0.494 e. The Kier molecular flexibility index (Phi) is 5.07. The van der Waals surface area contributed by atoms with Gasteiger partial charge in [-0.25, -0.2) is 9.59 Å². The lowest BCUT2D eigenvalue weighted by Gasteiger charge is -2.29. The third-order valence-corrected chi connectivity index (χ3v) is 3.75. The van der Waals surface area contributed by atoms with Gasteiger partial charge in [0.15, 0.2) is 0 Å². The molecule has 2 rings (SSSR count). The zero-order valence-corrected chi connectivity index (χ0v) is 14.1. The number of nitrogens with one attached hydrogen (secondary N) is 2. The van der Waals surface area contributed by atoms with Gasteiger partial charge in [-0.2, -0.15) is 0 Å². The maximum atomic E-state index is 12.1. The number of methoxy groups -OCH3 is 1. The molecule has 0 aromatic heterocycles. The van der Waals surface area contributed by atoms with Crippen LogP contribution in [0.5, 0.6) is 5.75 Å². The number of carbonyl (C=O) groups is 2. The van der Waals surface area contributed by atoms with Gasteiger partial charge in [-0.3, -0.25) is 0 Å². The van der Waals surface area contributed by atoms with Crippen LogP contribution in [0.3, 0.4) is 0 Å². The lowest BCUT2D eigenvalue weighted by Crippen LogP contribution is -2.45. The molecule has 1 heterocycles. The Balaban J connectivity index is 2.57. The Morgan fingerprint density at radius 3 is 2.77 bits per heavy atom. The minimum Gasteiger partial charge on any atom is -0.494 e. The summed E-state index contributed by atoms with van der Waals surface area (Å²) in [6, 6.07) is 4.43. The predicted octanol–water partition coefficient (Wildman–Crippen LogP) is 2.65. The van der Waals surface area contributed by atoms with Gasteiger partial charge in [0.05, 0.1) is 25.3 Å². The highest BCUT2D eigenvalue weighted by atomic mass is 79.9. The smallest absolute Gasteiger partial charge is 0.337 e. The maximum Gasteiger partial charge on any atom is 0.337 e. The molecule has 0 spiro atoms. The number of rotatable bonds is 4. The Labute approximate surface area is 137 Å². The Bertz CT molecular complexity index is 642. The van der Waals surface area contributed by atoms with Crippen molar-refractivity contribution in [3.8, 4) is 5.75 Å². The Morgan fingerprint density at radius 2 is 2.14 bits per heavy atom. The van der Waals surface area contributed by atoms with E-state index >= 15 is 0 Å². The number of amides is 2. The van der Waals surface area contributed by atoms with Gasteiger partial charge in [0.1, 0.15) is 5.75 Å². The lowest BCUT2D eigenvalue weighted by molar-refractivity contribution is -0.136. The summed E-state index contributed by atoms with van der Waals surface area (Å²) in [4.78, 5) is 23.9. The first-order valence-corrected chi connectivity index (χ1v) is 7.56. The number of halogens is 1. The van der Waals surface area contributed by atoms with Crippen molar-refractivity contribution in [1.82, 2.24) is 10.6 Å². The number of benzene rings is 1. The van der Waals surface area contributed by atoms with Gasteiger partial charge in [0.2, 0.25) is 0 Å². The first-order valence-electron chi connectivity index (χ1n) is 6.76. The summed E-state index contributed by atoms with van der Waals surface area (Å²) in [5.41, 5.74) is 1.50. The molecule has 22 heavy (non-hydrogen) atoms. The summed E-state index contributed by atoms with van der Waals surface area (Å²) in [5, 5.41) is 5.33. The van der Waals surface area contributed by atoms with E-state index < -0.39 is 12.0 Å². The maximum absolute atomic E-state index is 12.1. The van der Waals surface area contributed by atoms with E-state index in [2.05, 4.69) is 26.6 Å². The fourth-order valence-electron chi connectivity index (χ4n) is 2.34. The fourth-order valence-corrected chi connectivity index (χ4v) is 2.72. The number of carbonyl (C=O) groups excluding carboxylic acids is 2. The number of esters is 1. The number of hydrogen-bond acceptors (Lipinski definition) is 4. The van der Waals surface area contributed by atoms with Crippen LogP contribution in [0.2, 0.25) is 0 Å². The summed E-state index contributed by atoms with van der Waals surface area (Å²) in [6.45, 7) is 4.01. The van der Waals surface area contributed by atoms with Crippen molar-refractivity contribution in [2.45, 2.75) is 19.9 Å². The van der Waals surface area contributed by atoms with Gasteiger partial charge in [-0.05, 0) is 32.0 Å². The van der Waals surface area contributed by atoms with Crippen LogP contribution in [0.25, 0.3) is 0 Å². The molecule has 0 saturated carbocycles. The number of urea groups is 1. The highest BCUT2D eigenvalue weighted by Gasteiger charge is 2.33. The van der Waals surface area contributed by atoms with Crippen molar-refractivity contribution in [1.29, 1.82) is 0 Å². The SMILES string of the molecule is CCOc1ccc(Br)cc1[C@@H]1NC(=O)NC(C)=C1C(=O)OC. The second kappa shape index (κ2) is 6.83. The average Bonchev–Trinajstić information content (AvgIpc) is 2.47. The van der Waals surface area contributed by atoms with E-state index in [4.69, 9.17) is 9.47 Å². The predicted molar refractivity (Wildman–Crippen MR) is 84.4 cm³/mol. The normalized spacial score (nSPS) is 17.6. The fraction of sp³-hybridized carbons (Fsp3) is 0.333. The molecule has 6 nitrogen and oxygen atoms in total. The molecule has 0 aliphatic carbocycles. The minimum absolute atomic E-state index is 0.348. The van der Waals surface area contributed by atoms with Gasteiger partial charge in [-0.1, -0.05) is 15.9 Å². The van der Waals surface area contributed by atoms with E-state index in [1.54, 1.807) is 13.0 Å². The van der Waals surface area contributed by atoms with E-state index in [0.29, 0.717) is 29.2 Å². The molecule has 7 heteroatoms. The second-order valence-corrected chi connectivity index (χ2v) is 5.59. The van der Waals surface area contributed by atoms with Crippen LogP contribution in [-0.2, 0) is 9.53 Å². The van der Waals surface area contributed by atoms with Crippen LogP contribution in [0.15, 0.2) is 33.9 Å². The molecule has 0 saturated heterocycles. The molecule has 0 fully saturated rings. The summed E-state index contributed by atoms with van der Waals surface area (Å²) in [7, 11) is 1.31. The summed E-state index contributed by atoms with van der Waals surface area (Å²) in [5.74, 6) is 0.101. The summed E-state index contributed by atoms with van der Waals surface area (Å²) < 4.78 is 11.3. The molecule has 1 aromatic carbocycles. The molecule has 1 aliphatic heterocycles. The molecule has 1 atom stereocenters. The molecule has 0 radical (unpaired) electrons. The molecule has 1 aliphatic rings. The van der Waals surface area contributed by atoms with Gasteiger partial charge < -0.3 is 20.1 Å². The molecular formula is C15H17BrN2O4. The molecule has 0 unspecified atom stereocenters. The van der Waals surface area contributed by atoms with Crippen molar-refractivity contribution < 1.29 is 19.1 Å². The van der Waals surface area contributed by atoms with Crippen molar-refractivity contribution in [2.24, 2.45) is 0 Å². The van der Waals surface area contributed by atoms with Crippen LogP contribution < -0.4 is 15.4 Å². The average molecular weight is 369 g/mol. The first kappa shape index (κ1) is 16.4. The van der Waals surface area contributed by atoms with Crippen molar-refractivity contribution in [3.05, 3.63) is 39.5 Å². The molecule has 118 valence electrons. The van der Waals surface area contributed by atoms with Gasteiger partial charge in [0, 0.05) is 15.7 Å². The molecule has 2 N–H and O–H groups in total. The van der Waals surface area contributed by atoms with E-state index in [1.807, 2.05) is 19.1 Å². The van der Waals surface area contributed by atoms with Crippen LogP contribution >= 0.6 is 15.9 Å². The number of hydrogen-bond donors (Lipinski definition) is 2. The van der Waals surface area contributed by atoms with E-state index in [0.717, 1.165) is 4.47 Å². The van der Waals surface area contributed by atoms with Crippen molar-refractivity contribution in [2.75, 3.05) is 13.7 Å². The zero-order chi connectivity index (χ0) is 16.3. The summed E-state index contributed by atoms with van der Waals surface area (Å²) >= 11 is 3.40. The standard InChI is InChI=1S/C15H17BrN2O4/c1-4-22-11-6-5-9(16)7-10(11)13-12(14(19)21-3)8(2)17-15(20)18-13/h5-7,13H,4H2,1-3H3,(H2,17,18,20)/t13-/m0/s1. The third kappa shape index (κ3) is 3.24. The van der Waals surface area contributed by atoms with E-state index in [9.17, 15) is 9.59 Å². The summed E-state index contributed by atoms with van der Waals surface area (Å²) in [6.07, 6.45) is 0. The minimum atomic E-state index is -0.639. The Morgan fingerprint density at radius 1 is 1.41 bits per heavy atom. The quantitative estimate of drug-likeness (QED) is 0.800. The Hall–Kier alpha value is -2.02. The lowest BCUT2D eigenvalue weighted by atomic mass is 9.95. The van der Waals surface area contributed by atoms with Gasteiger partial charge in [-0.15, -0.1) is 0 Å². The number of ether oxygens (including phenoxy) is 2. The van der Waals surface area contributed by atoms with Crippen LogP contribution in [-0.4, -0.2) is 25.7 Å². The zero-order valence-electron chi connectivity index (χ0n) is 12.5. The van der Waals surface area contributed by atoms with Crippen LogP contribution in [0.1, 0.15) is 25.5 Å². The van der Waals surface area contributed by atoms with Gasteiger partial charge in [0.25, 0.3) is 0 Å². The molecule has 1 aromatic rings. The highest BCUT2D eigenvalue weighted by Crippen LogP contribution is 2.35. The molecular weight excluding hydrogens is 352 g/mol. The van der Waals surface area contributed by atoms with Crippen molar-refractivity contribution in [3.63, 3.8) is 0 Å². The van der Waals surface area contributed by atoms with E-state index in [1.165, 1.54) is 7.11 Å². The first-order chi connectivity index (χ1) is 10.5. The van der Waals surface area contributed by atoms with Crippen molar-refractivity contribution >= 4 is 27.9 Å². The van der Waals surface area contributed by atoms with Gasteiger partial charge >= 0.3 is 12.0 Å². The van der Waals surface area contributed by atoms with Crippen LogP contribution in [0.4, 0.5) is 4.79 Å². The third-order valence-electron chi connectivity index (χ3n) is 3.26. The topological polar surface area (TPSA) is 76.7 Å². The highest BCUT2D eigenvalue weighted by molar-refractivity contribution is 9.10. The second-order valence-electron chi connectivity index (χ2n) is 4.68. The van der Waals surface area contributed by atoms with Crippen LogP contribution in [0, 0.1) is 0 Å². The monoisotopic (exact) mass is 368 g/mol. The molecule has 2 amide bonds. The number of allylic oxidation sites excluding steroid dienone is 1. The molecule has 0 bridgehead atoms.